The largest absolute Gasteiger partial charge is 0.469 e. The molecule has 3 saturated heterocycles. The zero-order valence-corrected chi connectivity index (χ0v) is 25.3. The predicted octanol–water partition coefficient (Wildman–Crippen LogP) is 3.27. The van der Waals surface area contributed by atoms with E-state index in [1.165, 1.54) is 84.4 Å². The molecule has 5 aliphatic rings. The summed E-state index contributed by atoms with van der Waals surface area (Å²) in [4.78, 5) is 17.9. The fraction of sp³-hybridized carbons (Fsp3) is 0.968. The molecule has 39 heavy (non-hydrogen) atoms. The summed E-state index contributed by atoms with van der Waals surface area (Å²) in [7, 11) is 1.48. The van der Waals surface area contributed by atoms with Crippen molar-refractivity contribution in [2.75, 3.05) is 59.5 Å². The number of carbonyl (C=O) groups is 1. The SMILES string of the molecule is COC(=O)C(C)(C)COC1C(C)CC2CCCNC2C1N1CCCN(CC2CCN(C3CCCCC3)N2)CC1. The minimum Gasteiger partial charge on any atom is -0.469 e. The summed E-state index contributed by atoms with van der Waals surface area (Å²) in [6, 6.07) is 2.19. The van der Waals surface area contributed by atoms with Crippen LogP contribution in [0.2, 0.25) is 0 Å². The molecule has 224 valence electrons. The van der Waals surface area contributed by atoms with Gasteiger partial charge in [-0.2, -0.15) is 0 Å². The van der Waals surface area contributed by atoms with Crippen LogP contribution in [0.3, 0.4) is 0 Å². The number of nitrogens with zero attached hydrogens (tertiary/aromatic N) is 3. The van der Waals surface area contributed by atoms with E-state index in [9.17, 15) is 4.79 Å². The molecule has 0 aromatic carbocycles. The highest BCUT2D eigenvalue weighted by molar-refractivity contribution is 5.75. The number of esters is 1. The van der Waals surface area contributed by atoms with Gasteiger partial charge in [0.25, 0.3) is 0 Å². The van der Waals surface area contributed by atoms with E-state index in [1.54, 1.807) is 0 Å². The van der Waals surface area contributed by atoms with Gasteiger partial charge in [0.05, 0.1) is 31.3 Å². The Balaban J connectivity index is 1.20. The first kappa shape index (κ1) is 29.7. The molecule has 0 spiro atoms. The second-order valence-electron chi connectivity index (χ2n) is 14.0. The first-order valence-corrected chi connectivity index (χ1v) is 16.3. The minimum absolute atomic E-state index is 0.132. The van der Waals surface area contributed by atoms with Gasteiger partial charge in [-0.05, 0) is 90.3 Å². The Labute approximate surface area is 237 Å². The molecule has 5 rings (SSSR count). The number of hydrazine groups is 1. The maximum Gasteiger partial charge on any atom is 0.313 e. The average molecular weight is 548 g/mol. The Bertz CT molecular complexity index is 790. The van der Waals surface area contributed by atoms with Crippen LogP contribution in [0, 0.1) is 17.3 Å². The molecular weight excluding hydrogens is 490 g/mol. The van der Waals surface area contributed by atoms with Gasteiger partial charge in [-0.15, -0.1) is 0 Å². The molecule has 2 aliphatic carbocycles. The quantitative estimate of drug-likeness (QED) is 0.449. The molecule has 6 atom stereocenters. The van der Waals surface area contributed by atoms with Crippen molar-refractivity contribution >= 4 is 5.97 Å². The van der Waals surface area contributed by atoms with E-state index in [0.29, 0.717) is 30.7 Å². The van der Waals surface area contributed by atoms with Crippen LogP contribution in [0.25, 0.3) is 0 Å². The number of hydrogen-bond acceptors (Lipinski definition) is 8. The van der Waals surface area contributed by atoms with E-state index < -0.39 is 5.41 Å². The zero-order chi connectivity index (χ0) is 27.4. The van der Waals surface area contributed by atoms with Crippen LogP contribution in [0.1, 0.15) is 85.0 Å². The third kappa shape index (κ3) is 7.18. The van der Waals surface area contributed by atoms with Crippen molar-refractivity contribution in [3.63, 3.8) is 0 Å². The molecule has 3 aliphatic heterocycles. The Morgan fingerprint density at radius 3 is 2.56 bits per heavy atom. The van der Waals surface area contributed by atoms with E-state index in [0.717, 1.165) is 44.7 Å². The van der Waals surface area contributed by atoms with Crippen molar-refractivity contribution in [2.24, 2.45) is 17.3 Å². The molecule has 2 saturated carbocycles. The molecule has 5 fully saturated rings. The molecule has 8 heteroatoms. The molecule has 2 N–H and O–H groups in total. The Kier molecular flexibility index (Phi) is 10.3. The summed E-state index contributed by atoms with van der Waals surface area (Å²) in [5.74, 6) is 1.02. The highest BCUT2D eigenvalue weighted by Gasteiger charge is 2.48. The average Bonchev–Trinajstić information content (AvgIpc) is 3.29. The van der Waals surface area contributed by atoms with Crippen molar-refractivity contribution in [1.82, 2.24) is 25.6 Å². The molecule has 8 nitrogen and oxygen atoms in total. The van der Waals surface area contributed by atoms with Gasteiger partial charge in [-0.1, -0.05) is 26.2 Å². The molecule has 0 aromatic heterocycles. The predicted molar refractivity (Wildman–Crippen MR) is 155 cm³/mol. The van der Waals surface area contributed by atoms with Crippen LogP contribution < -0.4 is 10.7 Å². The highest BCUT2D eigenvalue weighted by atomic mass is 16.5. The first-order chi connectivity index (χ1) is 18.9. The van der Waals surface area contributed by atoms with Crippen LogP contribution in [-0.2, 0) is 14.3 Å². The number of fused-ring (bicyclic) bond motifs is 1. The van der Waals surface area contributed by atoms with E-state index in [2.05, 4.69) is 32.5 Å². The van der Waals surface area contributed by atoms with Crippen LogP contribution in [0.5, 0.6) is 0 Å². The lowest BCUT2D eigenvalue weighted by molar-refractivity contribution is -0.161. The molecule has 6 unspecified atom stereocenters. The maximum absolute atomic E-state index is 12.4. The molecular formula is C31H57N5O3. The van der Waals surface area contributed by atoms with E-state index >= 15 is 0 Å². The van der Waals surface area contributed by atoms with Crippen molar-refractivity contribution in [3.8, 4) is 0 Å². The zero-order valence-electron chi connectivity index (χ0n) is 25.3. The monoisotopic (exact) mass is 547 g/mol. The van der Waals surface area contributed by atoms with E-state index in [4.69, 9.17) is 9.47 Å². The smallest absolute Gasteiger partial charge is 0.313 e. The number of nitrogens with one attached hydrogen (secondary N) is 2. The highest BCUT2D eigenvalue weighted by Crippen LogP contribution is 2.39. The Morgan fingerprint density at radius 1 is 0.949 bits per heavy atom. The summed E-state index contributed by atoms with van der Waals surface area (Å²) in [6.45, 7) is 14.7. The maximum atomic E-state index is 12.4. The van der Waals surface area contributed by atoms with E-state index in [-0.39, 0.29) is 12.1 Å². The Hall–Kier alpha value is -0.770. The fourth-order valence-electron chi connectivity index (χ4n) is 8.39. The summed E-state index contributed by atoms with van der Waals surface area (Å²) >= 11 is 0. The molecule has 3 heterocycles. The van der Waals surface area contributed by atoms with Gasteiger partial charge >= 0.3 is 5.97 Å². The molecule has 0 aromatic rings. The number of carbonyl (C=O) groups excluding carboxylic acids is 1. The lowest BCUT2D eigenvalue weighted by Gasteiger charge is -2.52. The van der Waals surface area contributed by atoms with Gasteiger partial charge in [0.15, 0.2) is 0 Å². The lowest BCUT2D eigenvalue weighted by atomic mass is 9.70. The van der Waals surface area contributed by atoms with Crippen molar-refractivity contribution in [3.05, 3.63) is 0 Å². The van der Waals surface area contributed by atoms with Gasteiger partial charge in [0, 0.05) is 44.3 Å². The Morgan fingerprint density at radius 2 is 1.77 bits per heavy atom. The summed E-state index contributed by atoms with van der Waals surface area (Å²) in [5, 5.41) is 6.52. The van der Waals surface area contributed by atoms with Crippen LogP contribution in [0.15, 0.2) is 0 Å². The summed E-state index contributed by atoms with van der Waals surface area (Å²) < 4.78 is 11.8. The van der Waals surface area contributed by atoms with E-state index in [1.807, 2.05) is 13.8 Å². The lowest BCUT2D eigenvalue weighted by Crippen LogP contribution is -2.66. The number of ether oxygens (including phenoxy) is 2. The van der Waals surface area contributed by atoms with Gasteiger partial charge in [0.1, 0.15) is 0 Å². The van der Waals surface area contributed by atoms with Crippen molar-refractivity contribution < 1.29 is 14.3 Å². The van der Waals surface area contributed by atoms with Gasteiger partial charge in [-0.25, -0.2) is 5.01 Å². The van der Waals surface area contributed by atoms with Gasteiger partial charge in [-0.3, -0.25) is 15.1 Å². The second kappa shape index (κ2) is 13.5. The fourth-order valence-corrected chi connectivity index (χ4v) is 8.39. The molecule has 0 amide bonds. The number of methoxy groups -OCH3 is 1. The second-order valence-corrected chi connectivity index (χ2v) is 14.0. The molecule has 0 radical (unpaired) electrons. The normalized spacial score (nSPS) is 36.4. The summed E-state index contributed by atoms with van der Waals surface area (Å²) in [6.07, 6.45) is 13.4. The van der Waals surface area contributed by atoms with Gasteiger partial charge < -0.3 is 19.7 Å². The summed E-state index contributed by atoms with van der Waals surface area (Å²) in [5.41, 5.74) is 3.27. The van der Waals surface area contributed by atoms with Crippen LogP contribution >= 0.6 is 0 Å². The first-order valence-electron chi connectivity index (χ1n) is 16.3. The minimum atomic E-state index is -0.634. The van der Waals surface area contributed by atoms with Crippen LogP contribution in [0.4, 0.5) is 0 Å². The number of rotatable bonds is 8. The third-order valence-corrected chi connectivity index (χ3v) is 10.6. The number of piperidine rings is 1. The standard InChI is InChI=1S/C31H57N5O3/c1-23-20-24-10-8-14-32-27(24)28(29(23)39-22-31(2,3)30(37)38-4)35-16-9-15-34(18-19-35)21-25-13-17-36(33-25)26-11-6-5-7-12-26/h23-29,32-33H,5-22H2,1-4H3. The number of hydrogen-bond donors (Lipinski definition) is 2. The van der Waals surface area contributed by atoms with Crippen molar-refractivity contribution in [2.45, 2.75) is 115 Å². The van der Waals surface area contributed by atoms with Gasteiger partial charge in [0.2, 0.25) is 0 Å². The third-order valence-electron chi connectivity index (χ3n) is 10.6. The topological polar surface area (TPSA) is 69.3 Å². The molecule has 0 bridgehead atoms. The van der Waals surface area contributed by atoms with Crippen molar-refractivity contribution in [1.29, 1.82) is 0 Å². The van der Waals surface area contributed by atoms with Crippen LogP contribution in [-0.4, -0.2) is 111 Å².